The Morgan fingerprint density at radius 3 is 2.59 bits per heavy atom. The van der Waals surface area contributed by atoms with Gasteiger partial charge in [-0.3, -0.25) is 4.52 Å². The molecule has 2 heterocycles. The molecule has 4 rings (SSSR count). The molecule has 0 unspecified atom stereocenters. The monoisotopic (exact) mass is 461 g/mol. The summed E-state index contributed by atoms with van der Waals surface area (Å²) in [6.45, 7) is 3.19. The highest BCUT2D eigenvalue weighted by atomic mass is 32.2. The number of benzene rings is 2. The number of nitrogens with two attached hydrogens (primary N) is 1. The van der Waals surface area contributed by atoms with Crippen molar-refractivity contribution >= 4 is 32.8 Å². The Morgan fingerprint density at radius 2 is 1.88 bits per heavy atom. The summed E-state index contributed by atoms with van der Waals surface area (Å²) in [6, 6.07) is 12.9. The van der Waals surface area contributed by atoms with Crippen molar-refractivity contribution in [3.8, 4) is 5.75 Å². The minimum atomic E-state index is -3.53. The quantitative estimate of drug-likeness (QED) is 0.317. The molecule has 1 aliphatic rings. The number of ether oxygens (including phenoxy) is 1. The van der Waals surface area contributed by atoms with Crippen molar-refractivity contribution in [3.05, 3.63) is 48.2 Å². The van der Waals surface area contributed by atoms with E-state index in [1.54, 1.807) is 24.1 Å². The van der Waals surface area contributed by atoms with Gasteiger partial charge in [0.15, 0.2) is 0 Å². The highest BCUT2D eigenvalue weighted by Gasteiger charge is 2.40. The molecular weight excluding hydrogens is 436 g/mol. The molecule has 1 saturated heterocycles. The van der Waals surface area contributed by atoms with Crippen LogP contribution < -0.4 is 20.3 Å². The van der Waals surface area contributed by atoms with Crippen LogP contribution in [0.25, 0.3) is 10.8 Å². The maximum atomic E-state index is 13.0. The number of carbonyl (C=O) groups excluding carboxylic acids is 1. The number of hydrogen-bond acceptors (Lipinski definition) is 8. The highest BCUT2D eigenvalue weighted by Crippen LogP contribution is 2.26. The van der Waals surface area contributed by atoms with E-state index in [0.29, 0.717) is 25.4 Å². The highest BCUT2D eigenvalue weighted by molar-refractivity contribution is 7.86. The summed E-state index contributed by atoms with van der Waals surface area (Å²) in [5, 5.41) is 7.27. The molecule has 1 aromatic heterocycles. The second-order valence-electron chi connectivity index (χ2n) is 7.32. The predicted molar refractivity (Wildman–Crippen MR) is 117 cm³/mol. The molecule has 3 aromatic rings. The second kappa shape index (κ2) is 8.73. The van der Waals surface area contributed by atoms with Crippen LogP contribution in [-0.4, -0.2) is 68.0 Å². The first kappa shape index (κ1) is 22.0. The van der Waals surface area contributed by atoms with Gasteiger partial charge in [0.05, 0.1) is 17.9 Å². The molecule has 170 valence electrons. The molecular formula is C20H25N6O5S+. The van der Waals surface area contributed by atoms with Gasteiger partial charge < -0.3 is 10.5 Å². The lowest BCUT2D eigenvalue weighted by molar-refractivity contribution is -0.760. The summed E-state index contributed by atoms with van der Waals surface area (Å²) in [5.41, 5.74) is 5.82. The molecule has 12 heteroatoms. The van der Waals surface area contributed by atoms with Crippen molar-refractivity contribution in [2.45, 2.75) is 6.92 Å². The van der Waals surface area contributed by atoms with E-state index >= 15 is 0 Å². The van der Waals surface area contributed by atoms with Gasteiger partial charge in [-0.1, -0.05) is 43.3 Å². The largest absolute Gasteiger partial charge is 0.421 e. The van der Waals surface area contributed by atoms with E-state index in [0.717, 1.165) is 10.8 Å². The van der Waals surface area contributed by atoms with Crippen molar-refractivity contribution in [1.82, 2.24) is 13.9 Å². The normalized spacial score (nSPS) is 15.4. The number of anilines is 1. The summed E-state index contributed by atoms with van der Waals surface area (Å²) < 4.78 is 38.5. The number of piperazine rings is 1. The molecule has 0 saturated carbocycles. The van der Waals surface area contributed by atoms with E-state index in [4.69, 9.17) is 15.0 Å². The van der Waals surface area contributed by atoms with E-state index < -0.39 is 16.2 Å². The number of hydrogen-bond donors (Lipinski definition) is 1. The molecule has 2 aromatic carbocycles. The van der Waals surface area contributed by atoms with Crippen LogP contribution in [0.2, 0.25) is 0 Å². The number of carbonyl (C=O) groups is 1. The Labute approximate surface area is 185 Å². The third-order valence-corrected chi connectivity index (χ3v) is 7.51. The standard InChI is InChI=1S/C20H24N6O5S/c1-3-23(2)32(28,29)25-13-11-24(12-14-25)26-18(19(21)31-22-26)20(27)30-17-10-6-8-15-7-4-5-9-16(15)17/h4-10H,3,11-14H2,1-2H3,(H-,21,22,27)/p+1. The first-order valence-electron chi connectivity index (χ1n) is 10.2. The van der Waals surface area contributed by atoms with E-state index in [9.17, 15) is 13.2 Å². The van der Waals surface area contributed by atoms with Crippen LogP contribution in [0.1, 0.15) is 17.4 Å². The Bertz CT molecular complexity index is 1230. The summed E-state index contributed by atoms with van der Waals surface area (Å²) in [4.78, 5) is 14.2. The SMILES string of the molecule is CCN(C)S(=O)(=O)N1CCN([n+]2noc(N)c2C(=O)Oc2cccc3ccccc23)CC1. The Balaban J connectivity index is 1.53. The van der Waals surface area contributed by atoms with Crippen molar-refractivity contribution in [1.29, 1.82) is 0 Å². The van der Waals surface area contributed by atoms with Gasteiger partial charge >= 0.3 is 17.5 Å². The molecule has 0 bridgehead atoms. The van der Waals surface area contributed by atoms with Gasteiger partial charge in [0.2, 0.25) is 5.27 Å². The van der Waals surface area contributed by atoms with Gasteiger partial charge in [-0.05, 0) is 11.5 Å². The zero-order valence-corrected chi connectivity index (χ0v) is 18.7. The van der Waals surface area contributed by atoms with Crippen molar-refractivity contribution in [3.63, 3.8) is 0 Å². The number of fused-ring (bicyclic) bond motifs is 1. The number of rotatable bonds is 6. The van der Waals surface area contributed by atoms with Crippen LogP contribution in [0.4, 0.5) is 5.88 Å². The van der Waals surface area contributed by atoms with Crippen LogP contribution in [0.5, 0.6) is 5.75 Å². The maximum absolute atomic E-state index is 13.0. The minimum absolute atomic E-state index is 0.0556. The molecule has 0 atom stereocenters. The van der Waals surface area contributed by atoms with E-state index in [2.05, 4.69) is 5.27 Å². The fourth-order valence-corrected chi connectivity index (χ4v) is 4.88. The molecule has 32 heavy (non-hydrogen) atoms. The molecule has 0 spiro atoms. The van der Waals surface area contributed by atoms with E-state index in [1.165, 1.54) is 20.4 Å². The summed E-state index contributed by atoms with van der Waals surface area (Å²) >= 11 is 0. The number of aromatic nitrogens is 2. The van der Waals surface area contributed by atoms with Crippen LogP contribution in [0.15, 0.2) is 47.0 Å². The zero-order valence-electron chi connectivity index (χ0n) is 17.8. The first-order chi connectivity index (χ1) is 15.3. The third kappa shape index (κ3) is 3.99. The van der Waals surface area contributed by atoms with Gasteiger partial charge in [0.1, 0.15) is 5.75 Å². The fourth-order valence-electron chi connectivity index (χ4n) is 3.53. The summed E-state index contributed by atoms with van der Waals surface area (Å²) in [7, 11) is -1.99. The topological polar surface area (TPSA) is 126 Å². The molecule has 0 amide bonds. The fraction of sp³-hybridized carbons (Fsp3) is 0.350. The molecule has 0 aliphatic carbocycles. The summed E-state index contributed by atoms with van der Waals surface area (Å²) in [5.74, 6) is -0.518. The second-order valence-corrected chi connectivity index (χ2v) is 9.35. The lowest BCUT2D eigenvalue weighted by atomic mass is 10.1. The number of nitrogens with zero attached hydrogens (tertiary/aromatic N) is 5. The summed E-state index contributed by atoms with van der Waals surface area (Å²) in [6.07, 6.45) is 0. The minimum Gasteiger partial charge on any atom is -0.418 e. The van der Waals surface area contributed by atoms with Crippen molar-refractivity contribution < 1.29 is 27.3 Å². The van der Waals surface area contributed by atoms with Gasteiger partial charge in [0.25, 0.3) is 10.2 Å². The Kier molecular flexibility index (Phi) is 6.00. The predicted octanol–water partition coefficient (Wildman–Crippen LogP) is 0.367. The van der Waals surface area contributed by atoms with Gasteiger partial charge in [-0.2, -0.15) is 17.0 Å². The molecule has 2 N–H and O–H groups in total. The maximum Gasteiger partial charge on any atom is 0.421 e. The van der Waals surface area contributed by atoms with Gasteiger partial charge in [0, 0.05) is 32.1 Å². The first-order valence-corrected chi connectivity index (χ1v) is 11.6. The third-order valence-electron chi connectivity index (χ3n) is 5.44. The van der Waals surface area contributed by atoms with Crippen molar-refractivity contribution in [2.75, 3.05) is 50.5 Å². The van der Waals surface area contributed by atoms with E-state index in [-0.39, 0.29) is 24.7 Å². The Morgan fingerprint density at radius 1 is 1.19 bits per heavy atom. The molecule has 0 radical (unpaired) electrons. The smallest absolute Gasteiger partial charge is 0.418 e. The van der Waals surface area contributed by atoms with Gasteiger partial charge in [-0.25, -0.2) is 4.79 Å². The average molecular weight is 462 g/mol. The average Bonchev–Trinajstić information content (AvgIpc) is 3.20. The molecule has 1 aliphatic heterocycles. The lowest BCUT2D eigenvalue weighted by Gasteiger charge is -2.32. The van der Waals surface area contributed by atoms with Gasteiger partial charge in [-0.15, -0.1) is 5.01 Å². The van der Waals surface area contributed by atoms with Crippen LogP contribution in [0, 0.1) is 0 Å². The Hall–Kier alpha value is -3.22. The van der Waals surface area contributed by atoms with Crippen molar-refractivity contribution in [2.24, 2.45) is 0 Å². The number of esters is 1. The van der Waals surface area contributed by atoms with E-state index in [1.807, 2.05) is 30.3 Å². The number of nitrogen functional groups attached to an aromatic ring is 1. The lowest BCUT2D eigenvalue weighted by Crippen LogP contribution is -2.68. The van der Waals surface area contributed by atoms with Crippen LogP contribution in [-0.2, 0) is 10.2 Å². The molecule has 11 nitrogen and oxygen atoms in total. The van der Waals surface area contributed by atoms with Crippen LogP contribution in [0.3, 0.4) is 0 Å². The van der Waals surface area contributed by atoms with Crippen LogP contribution >= 0.6 is 0 Å². The molecule has 1 fully saturated rings. The zero-order chi connectivity index (χ0) is 22.9.